The first-order chi connectivity index (χ1) is 9.81. The van der Waals surface area contributed by atoms with Gasteiger partial charge in [-0.25, -0.2) is 13.2 Å². The van der Waals surface area contributed by atoms with E-state index in [4.69, 9.17) is 0 Å². The summed E-state index contributed by atoms with van der Waals surface area (Å²) in [5.74, 6) is -3.68. The number of hydrogen-bond acceptors (Lipinski definition) is 2. The van der Waals surface area contributed by atoms with Gasteiger partial charge in [0.15, 0.2) is 17.5 Å². The largest absolute Gasteiger partial charge is 0.309 e. The number of halogens is 3. The molecule has 0 bridgehead atoms. The summed E-state index contributed by atoms with van der Waals surface area (Å²) >= 11 is 0. The van der Waals surface area contributed by atoms with E-state index in [2.05, 4.69) is 10.2 Å². The van der Waals surface area contributed by atoms with Crippen LogP contribution in [-0.4, -0.2) is 30.1 Å². The van der Waals surface area contributed by atoms with E-state index in [0.717, 1.165) is 19.2 Å². The van der Waals surface area contributed by atoms with Crippen LogP contribution in [0.5, 0.6) is 0 Å². The topological polar surface area (TPSA) is 15.3 Å². The molecule has 1 N–H and O–H groups in total. The van der Waals surface area contributed by atoms with Gasteiger partial charge in [-0.3, -0.25) is 4.90 Å². The molecule has 0 saturated carbocycles. The Hall–Kier alpha value is -1.07. The molecular formula is C16H25F3N2. The standard InChI is InChI=1S/C16H25F3N2/c1-6-20-15(16(4,5)21(7-2)8-3)11-9-10-12(17)14(19)13(11)18/h9-10,15,20H,6-8H2,1-5H3. The van der Waals surface area contributed by atoms with Crippen molar-refractivity contribution in [3.8, 4) is 0 Å². The van der Waals surface area contributed by atoms with Gasteiger partial charge in [0.1, 0.15) is 0 Å². The Balaban J connectivity index is 3.33. The summed E-state index contributed by atoms with van der Waals surface area (Å²) in [5.41, 5.74) is -0.280. The minimum atomic E-state index is -1.41. The van der Waals surface area contributed by atoms with Gasteiger partial charge in [-0.05, 0) is 39.5 Å². The fraction of sp³-hybridized carbons (Fsp3) is 0.625. The number of benzene rings is 1. The third-order valence-corrected chi connectivity index (χ3v) is 4.07. The maximum absolute atomic E-state index is 14.2. The van der Waals surface area contributed by atoms with Crippen LogP contribution < -0.4 is 5.32 Å². The zero-order valence-corrected chi connectivity index (χ0v) is 13.4. The lowest BCUT2D eigenvalue weighted by molar-refractivity contribution is 0.0899. The van der Waals surface area contributed by atoms with Gasteiger partial charge >= 0.3 is 0 Å². The van der Waals surface area contributed by atoms with Crippen molar-refractivity contribution in [3.63, 3.8) is 0 Å². The number of rotatable bonds is 7. The van der Waals surface area contributed by atoms with Gasteiger partial charge in [0.05, 0.1) is 6.04 Å². The average Bonchev–Trinajstić information content (AvgIpc) is 2.44. The summed E-state index contributed by atoms with van der Waals surface area (Å²) in [5, 5.41) is 3.21. The van der Waals surface area contributed by atoms with E-state index in [9.17, 15) is 13.2 Å². The first-order valence-electron chi connectivity index (χ1n) is 7.42. The molecule has 0 aliphatic heterocycles. The van der Waals surface area contributed by atoms with E-state index < -0.39 is 29.0 Å². The minimum absolute atomic E-state index is 0.160. The number of hydrogen-bond donors (Lipinski definition) is 1. The molecule has 0 amide bonds. The van der Waals surface area contributed by atoms with Crippen molar-refractivity contribution < 1.29 is 13.2 Å². The maximum atomic E-state index is 14.2. The second-order valence-electron chi connectivity index (χ2n) is 5.58. The van der Waals surface area contributed by atoms with Gasteiger partial charge in [-0.15, -0.1) is 0 Å². The summed E-state index contributed by atoms with van der Waals surface area (Å²) in [6.45, 7) is 12.1. The highest BCUT2D eigenvalue weighted by Crippen LogP contribution is 2.33. The van der Waals surface area contributed by atoms with E-state index in [1.807, 2.05) is 34.6 Å². The van der Waals surface area contributed by atoms with E-state index in [-0.39, 0.29) is 5.56 Å². The van der Waals surface area contributed by atoms with Crippen LogP contribution in [0.3, 0.4) is 0 Å². The van der Waals surface area contributed by atoms with Crippen LogP contribution in [0.15, 0.2) is 12.1 Å². The highest BCUT2D eigenvalue weighted by molar-refractivity contribution is 5.26. The first-order valence-corrected chi connectivity index (χ1v) is 7.42. The minimum Gasteiger partial charge on any atom is -0.309 e. The van der Waals surface area contributed by atoms with Gasteiger partial charge in [0.2, 0.25) is 0 Å². The van der Waals surface area contributed by atoms with Crippen molar-refractivity contribution in [2.75, 3.05) is 19.6 Å². The molecule has 0 heterocycles. The average molecular weight is 302 g/mol. The second kappa shape index (κ2) is 7.27. The molecule has 0 spiro atoms. The lowest BCUT2D eigenvalue weighted by atomic mass is 9.86. The Labute approximate surface area is 125 Å². The first kappa shape index (κ1) is 18.0. The second-order valence-corrected chi connectivity index (χ2v) is 5.58. The Kier molecular flexibility index (Phi) is 6.23. The molecular weight excluding hydrogens is 277 g/mol. The van der Waals surface area contributed by atoms with Crippen LogP contribution >= 0.6 is 0 Å². The van der Waals surface area contributed by atoms with Crippen molar-refractivity contribution in [3.05, 3.63) is 35.1 Å². The van der Waals surface area contributed by atoms with E-state index in [1.54, 1.807) is 0 Å². The Morgan fingerprint density at radius 1 is 1.05 bits per heavy atom. The van der Waals surface area contributed by atoms with Crippen LogP contribution in [0.4, 0.5) is 13.2 Å². The smallest absolute Gasteiger partial charge is 0.194 e. The fourth-order valence-corrected chi connectivity index (χ4v) is 2.93. The molecule has 1 rings (SSSR count). The van der Waals surface area contributed by atoms with Gasteiger partial charge in [-0.2, -0.15) is 0 Å². The monoisotopic (exact) mass is 302 g/mol. The third-order valence-electron chi connectivity index (χ3n) is 4.07. The zero-order valence-electron chi connectivity index (χ0n) is 13.4. The Bertz CT molecular complexity index is 471. The van der Waals surface area contributed by atoms with Gasteiger partial charge in [0, 0.05) is 11.1 Å². The highest BCUT2D eigenvalue weighted by Gasteiger charge is 2.36. The van der Waals surface area contributed by atoms with Gasteiger partial charge in [0.25, 0.3) is 0 Å². The summed E-state index contributed by atoms with van der Waals surface area (Å²) < 4.78 is 40.9. The van der Waals surface area contributed by atoms with Crippen LogP contribution in [0, 0.1) is 17.5 Å². The Morgan fingerprint density at radius 3 is 2.10 bits per heavy atom. The molecule has 5 heteroatoms. The molecule has 0 aromatic heterocycles. The molecule has 1 atom stereocenters. The summed E-state index contributed by atoms with van der Waals surface area (Å²) in [7, 11) is 0. The third kappa shape index (κ3) is 3.58. The van der Waals surface area contributed by atoms with Crippen molar-refractivity contribution >= 4 is 0 Å². The van der Waals surface area contributed by atoms with Crippen LogP contribution in [0.25, 0.3) is 0 Å². The number of likely N-dealkylation sites (N-methyl/N-ethyl adjacent to an activating group) is 2. The molecule has 1 aromatic carbocycles. The van der Waals surface area contributed by atoms with E-state index in [0.29, 0.717) is 6.54 Å². The van der Waals surface area contributed by atoms with E-state index in [1.165, 1.54) is 6.07 Å². The fourth-order valence-electron chi connectivity index (χ4n) is 2.93. The number of nitrogens with one attached hydrogen (secondary N) is 1. The van der Waals surface area contributed by atoms with Gasteiger partial charge < -0.3 is 5.32 Å². The van der Waals surface area contributed by atoms with Crippen molar-refractivity contribution in [1.29, 1.82) is 0 Å². The predicted molar refractivity (Wildman–Crippen MR) is 79.7 cm³/mol. The molecule has 0 radical (unpaired) electrons. The summed E-state index contributed by atoms with van der Waals surface area (Å²) in [6.07, 6.45) is 0. The lowest BCUT2D eigenvalue weighted by Crippen LogP contribution is -2.52. The lowest BCUT2D eigenvalue weighted by Gasteiger charge is -2.44. The van der Waals surface area contributed by atoms with Crippen molar-refractivity contribution in [2.45, 2.75) is 46.2 Å². The van der Waals surface area contributed by atoms with E-state index >= 15 is 0 Å². The highest BCUT2D eigenvalue weighted by atomic mass is 19.2. The van der Waals surface area contributed by atoms with Crippen LogP contribution in [-0.2, 0) is 0 Å². The Morgan fingerprint density at radius 2 is 1.62 bits per heavy atom. The molecule has 0 aliphatic rings. The maximum Gasteiger partial charge on any atom is 0.194 e. The molecule has 120 valence electrons. The van der Waals surface area contributed by atoms with Gasteiger partial charge in [-0.1, -0.05) is 26.8 Å². The normalized spacial score (nSPS) is 13.8. The van der Waals surface area contributed by atoms with Crippen LogP contribution in [0.2, 0.25) is 0 Å². The predicted octanol–water partition coefficient (Wildman–Crippen LogP) is 3.87. The molecule has 2 nitrogen and oxygen atoms in total. The number of nitrogens with zero attached hydrogens (tertiary/aromatic N) is 1. The molecule has 0 saturated heterocycles. The zero-order chi connectivity index (χ0) is 16.2. The molecule has 1 aromatic rings. The van der Waals surface area contributed by atoms with Crippen LogP contribution in [0.1, 0.15) is 46.2 Å². The molecule has 21 heavy (non-hydrogen) atoms. The molecule has 0 aliphatic carbocycles. The quantitative estimate of drug-likeness (QED) is 0.769. The molecule has 1 unspecified atom stereocenters. The summed E-state index contributed by atoms with van der Waals surface area (Å²) in [4.78, 5) is 2.17. The van der Waals surface area contributed by atoms with Crippen molar-refractivity contribution in [1.82, 2.24) is 10.2 Å². The summed E-state index contributed by atoms with van der Waals surface area (Å²) in [6, 6.07) is 1.88. The molecule has 0 fully saturated rings. The SMILES string of the molecule is CCNC(c1ccc(F)c(F)c1F)C(C)(C)N(CC)CC. The van der Waals surface area contributed by atoms with Crippen molar-refractivity contribution in [2.24, 2.45) is 0 Å².